The van der Waals surface area contributed by atoms with Crippen LogP contribution < -0.4 is 23.7 Å². The molecule has 3 heterocycles. The van der Waals surface area contributed by atoms with E-state index in [0.717, 1.165) is 11.1 Å². The third-order valence-electron chi connectivity index (χ3n) is 5.63. The number of benzene rings is 2. The molecule has 0 N–H and O–H groups in total. The lowest BCUT2D eigenvalue weighted by Gasteiger charge is -2.30. The van der Waals surface area contributed by atoms with Gasteiger partial charge in [0.1, 0.15) is 24.0 Å². The van der Waals surface area contributed by atoms with Gasteiger partial charge in [-0.25, -0.2) is 0 Å². The van der Waals surface area contributed by atoms with Gasteiger partial charge in [-0.2, -0.15) is 0 Å². The second-order valence-corrected chi connectivity index (χ2v) is 7.67. The molecule has 0 aliphatic carbocycles. The Morgan fingerprint density at radius 2 is 1.85 bits per heavy atom. The van der Waals surface area contributed by atoms with Crippen LogP contribution in [0.1, 0.15) is 27.2 Å². The first-order valence-corrected chi connectivity index (χ1v) is 10.4. The molecule has 3 aromatic rings. The van der Waals surface area contributed by atoms with E-state index in [1.807, 2.05) is 18.2 Å². The molecule has 2 aromatic carbocycles. The van der Waals surface area contributed by atoms with Crippen LogP contribution in [0.5, 0.6) is 28.7 Å². The Labute approximate surface area is 190 Å². The minimum atomic E-state index is -0.175. The predicted molar refractivity (Wildman–Crippen MR) is 119 cm³/mol. The maximum absolute atomic E-state index is 12.9. The predicted octanol–water partition coefficient (Wildman–Crippen LogP) is 4.27. The van der Waals surface area contributed by atoms with E-state index in [4.69, 9.17) is 28.1 Å². The van der Waals surface area contributed by atoms with Crippen LogP contribution in [-0.4, -0.2) is 38.7 Å². The maximum atomic E-state index is 12.9. The molecule has 0 atom stereocenters. The molecule has 0 saturated carbocycles. The molecule has 5 rings (SSSR count). The fourth-order valence-corrected chi connectivity index (χ4v) is 4.09. The van der Waals surface area contributed by atoms with Crippen molar-refractivity contribution in [3.63, 3.8) is 0 Å². The van der Waals surface area contributed by atoms with Gasteiger partial charge in [-0.1, -0.05) is 0 Å². The molecule has 0 unspecified atom stereocenters. The van der Waals surface area contributed by atoms with Crippen LogP contribution in [0.15, 0.2) is 52.8 Å². The average molecular weight is 449 g/mol. The van der Waals surface area contributed by atoms with Gasteiger partial charge >= 0.3 is 0 Å². The quantitative estimate of drug-likeness (QED) is 0.516. The number of nitrogens with zero attached hydrogens (tertiary/aromatic N) is 1. The summed E-state index contributed by atoms with van der Waals surface area (Å²) in [6, 6.07) is 10.9. The van der Waals surface area contributed by atoms with Crippen LogP contribution in [0.3, 0.4) is 0 Å². The molecule has 0 fully saturated rings. The molecular formula is C25H23NO7. The summed E-state index contributed by atoms with van der Waals surface area (Å²) in [4.78, 5) is 15.0. The van der Waals surface area contributed by atoms with E-state index in [-0.39, 0.29) is 11.5 Å². The molecular weight excluding hydrogens is 426 g/mol. The summed E-state index contributed by atoms with van der Waals surface area (Å²) in [5.41, 5.74) is 2.33. The highest BCUT2D eigenvalue weighted by molar-refractivity contribution is 6.14. The standard InChI is InChI=1S/C25H23NO7/c1-28-21-9-15(10-22(29-2)25(21)30-3)12-26-13-18-19(32-14-26)7-6-17-23(27)20(33-24(17)18)11-16-5-4-8-31-16/h4-11H,12-14H2,1-3H3. The normalized spacial score (nSPS) is 16.1. The Bertz CT molecular complexity index is 1200. The van der Waals surface area contributed by atoms with Gasteiger partial charge in [-0.3, -0.25) is 9.69 Å². The first kappa shape index (κ1) is 21.0. The number of hydrogen-bond acceptors (Lipinski definition) is 8. The zero-order chi connectivity index (χ0) is 22.9. The van der Waals surface area contributed by atoms with Crippen LogP contribution in [0.2, 0.25) is 0 Å². The zero-order valence-electron chi connectivity index (χ0n) is 18.5. The molecule has 0 saturated heterocycles. The van der Waals surface area contributed by atoms with Crippen LogP contribution in [0.4, 0.5) is 0 Å². The summed E-state index contributed by atoms with van der Waals surface area (Å²) in [5.74, 6) is 3.58. The molecule has 170 valence electrons. The highest BCUT2D eigenvalue weighted by Gasteiger charge is 2.34. The van der Waals surface area contributed by atoms with Crippen LogP contribution in [-0.2, 0) is 13.1 Å². The fourth-order valence-electron chi connectivity index (χ4n) is 4.09. The lowest BCUT2D eigenvalue weighted by atomic mass is 10.0. The minimum Gasteiger partial charge on any atom is -0.493 e. The molecule has 33 heavy (non-hydrogen) atoms. The van der Waals surface area contributed by atoms with Crippen molar-refractivity contribution >= 4 is 11.9 Å². The van der Waals surface area contributed by atoms with Gasteiger partial charge in [-0.05, 0) is 42.0 Å². The van der Waals surface area contributed by atoms with E-state index in [1.54, 1.807) is 51.9 Å². The summed E-state index contributed by atoms with van der Waals surface area (Å²) in [6.07, 6.45) is 3.15. The molecule has 8 heteroatoms. The third kappa shape index (κ3) is 3.78. The Kier molecular flexibility index (Phi) is 5.43. The van der Waals surface area contributed by atoms with Crippen molar-refractivity contribution < 1.29 is 32.9 Å². The van der Waals surface area contributed by atoms with Gasteiger partial charge in [0.05, 0.1) is 38.7 Å². The van der Waals surface area contributed by atoms with Crippen LogP contribution in [0.25, 0.3) is 6.08 Å². The van der Waals surface area contributed by atoms with Crippen molar-refractivity contribution in [3.8, 4) is 28.7 Å². The Morgan fingerprint density at radius 3 is 2.52 bits per heavy atom. The van der Waals surface area contributed by atoms with Crippen molar-refractivity contribution in [2.45, 2.75) is 13.1 Å². The topological polar surface area (TPSA) is 79.6 Å². The fraction of sp³-hybridized carbons (Fsp3) is 0.240. The first-order chi connectivity index (χ1) is 16.1. The Balaban J connectivity index is 1.41. The number of hydrogen-bond donors (Lipinski definition) is 0. The van der Waals surface area contributed by atoms with Gasteiger partial charge in [-0.15, -0.1) is 0 Å². The Morgan fingerprint density at radius 1 is 1.06 bits per heavy atom. The van der Waals surface area contributed by atoms with E-state index in [2.05, 4.69) is 4.90 Å². The second kappa shape index (κ2) is 8.55. The summed E-state index contributed by atoms with van der Waals surface area (Å²) in [5, 5.41) is 0. The van der Waals surface area contributed by atoms with Crippen LogP contribution in [0, 0.1) is 0 Å². The number of ketones is 1. The number of carbonyl (C=O) groups excluding carboxylic acids is 1. The summed E-state index contributed by atoms with van der Waals surface area (Å²) in [7, 11) is 4.76. The molecule has 0 bridgehead atoms. The van der Waals surface area contributed by atoms with Crippen molar-refractivity contribution in [1.29, 1.82) is 0 Å². The zero-order valence-corrected chi connectivity index (χ0v) is 18.5. The lowest BCUT2D eigenvalue weighted by Crippen LogP contribution is -2.31. The molecule has 8 nitrogen and oxygen atoms in total. The van der Waals surface area contributed by atoms with Crippen molar-refractivity contribution in [1.82, 2.24) is 4.90 Å². The van der Waals surface area contributed by atoms with Crippen LogP contribution >= 0.6 is 0 Å². The van der Waals surface area contributed by atoms with Crippen molar-refractivity contribution in [2.75, 3.05) is 28.1 Å². The van der Waals surface area contributed by atoms with E-state index in [9.17, 15) is 4.79 Å². The largest absolute Gasteiger partial charge is 0.493 e. The number of rotatable bonds is 6. The highest BCUT2D eigenvalue weighted by atomic mass is 16.5. The van der Waals surface area contributed by atoms with E-state index >= 15 is 0 Å². The molecule has 0 radical (unpaired) electrons. The number of Topliss-reactive ketones (excluding diaryl/α,β-unsaturated/α-hetero) is 1. The van der Waals surface area contributed by atoms with Crippen molar-refractivity contribution in [3.05, 3.63) is 70.9 Å². The van der Waals surface area contributed by atoms with E-state index in [1.165, 1.54) is 0 Å². The summed E-state index contributed by atoms with van der Waals surface area (Å²) >= 11 is 0. The number of ether oxygens (including phenoxy) is 5. The Hall–Kier alpha value is -3.91. The smallest absolute Gasteiger partial charge is 0.232 e. The third-order valence-corrected chi connectivity index (χ3v) is 5.63. The summed E-state index contributed by atoms with van der Waals surface area (Å²) in [6.45, 7) is 1.52. The molecule has 2 aliphatic rings. The number of furan rings is 1. The minimum absolute atomic E-state index is 0.175. The molecule has 0 spiro atoms. The van der Waals surface area contributed by atoms with Gasteiger partial charge in [0, 0.05) is 19.2 Å². The van der Waals surface area contributed by atoms with E-state index in [0.29, 0.717) is 59.9 Å². The number of fused-ring (bicyclic) bond motifs is 3. The molecule has 1 aromatic heterocycles. The monoisotopic (exact) mass is 449 g/mol. The number of allylic oxidation sites excluding steroid dienone is 1. The first-order valence-electron chi connectivity index (χ1n) is 10.4. The second-order valence-electron chi connectivity index (χ2n) is 7.67. The number of methoxy groups -OCH3 is 3. The van der Waals surface area contributed by atoms with Gasteiger partial charge in [0.15, 0.2) is 17.3 Å². The SMILES string of the molecule is COc1cc(CN2COc3ccc4c(c3C2)OC(=Cc2ccco2)C4=O)cc(OC)c1OC. The number of carbonyl (C=O) groups is 1. The summed E-state index contributed by atoms with van der Waals surface area (Å²) < 4.78 is 33.6. The average Bonchev–Trinajstić information content (AvgIpc) is 3.46. The van der Waals surface area contributed by atoms with Gasteiger partial charge in [0.2, 0.25) is 11.5 Å². The highest BCUT2D eigenvalue weighted by Crippen LogP contribution is 2.43. The maximum Gasteiger partial charge on any atom is 0.232 e. The molecule has 0 amide bonds. The van der Waals surface area contributed by atoms with E-state index < -0.39 is 0 Å². The lowest BCUT2D eigenvalue weighted by molar-refractivity contribution is 0.0871. The van der Waals surface area contributed by atoms with Gasteiger partial charge in [0.25, 0.3) is 0 Å². The van der Waals surface area contributed by atoms with Crippen molar-refractivity contribution in [2.24, 2.45) is 0 Å². The molecule has 2 aliphatic heterocycles. The van der Waals surface area contributed by atoms with Gasteiger partial charge < -0.3 is 28.1 Å².